The lowest BCUT2D eigenvalue weighted by Gasteiger charge is -2.45. The molecule has 1 aliphatic carbocycles. The van der Waals surface area contributed by atoms with Crippen molar-refractivity contribution in [3.63, 3.8) is 0 Å². The Kier molecular flexibility index (Phi) is 3.09. The van der Waals surface area contributed by atoms with Crippen LogP contribution in [0, 0.1) is 0 Å². The molecule has 0 aromatic heterocycles. The smallest absolute Gasteiger partial charge is 0.0373 e. The highest BCUT2D eigenvalue weighted by Crippen LogP contribution is 2.43. The SMILES string of the molecule is CC1CN2CCCC2CN1C1CC(N)c2ccccc21. The van der Waals surface area contributed by atoms with Crippen molar-refractivity contribution in [1.29, 1.82) is 0 Å². The summed E-state index contributed by atoms with van der Waals surface area (Å²) in [6, 6.07) is 11.0. The number of hydrogen-bond donors (Lipinski definition) is 1. The monoisotopic (exact) mass is 271 g/mol. The van der Waals surface area contributed by atoms with Crippen molar-refractivity contribution in [1.82, 2.24) is 9.80 Å². The zero-order valence-corrected chi connectivity index (χ0v) is 12.3. The highest BCUT2D eigenvalue weighted by atomic mass is 15.3. The van der Waals surface area contributed by atoms with E-state index in [4.69, 9.17) is 5.73 Å². The number of rotatable bonds is 1. The predicted molar refractivity (Wildman–Crippen MR) is 81.5 cm³/mol. The van der Waals surface area contributed by atoms with Gasteiger partial charge in [0.25, 0.3) is 0 Å². The van der Waals surface area contributed by atoms with Crippen LogP contribution in [-0.4, -0.2) is 41.5 Å². The van der Waals surface area contributed by atoms with Crippen molar-refractivity contribution in [2.75, 3.05) is 19.6 Å². The molecule has 1 aromatic rings. The van der Waals surface area contributed by atoms with Crippen molar-refractivity contribution in [3.8, 4) is 0 Å². The second-order valence-corrected chi connectivity index (χ2v) is 6.82. The van der Waals surface area contributed by atoms with Crippen LogP contribution in [-0.2, 0) is 0 Å². The standard InChI is InChI=1S/C17H25N3/c1-12-10-19-8-4-5-13(19)11-20(12)17-9-16(18)14-6-2-3-7-15(14)17/h2-3,6-7,12-13,16-17H,4-5,8-11,18H2,1H3. The lowest BCUT2D eigenvalue weighted by atomic mass is 10.0. The number of piperazine rings is 1. The third-order valence-electron chi connectivity index (χ3n) is 5.62. The normalized spacial score (nSPS) is 37.9. The fourth-order valence-electron chi connectivity index (χ4n) is 4.60. The van der Waals surface area contributed by atoms with Crippen LogP contribution in [0.4, 0.5) is 0 Å². The molecule has 0 spiro atoms. The fourth-order valence-corrected chi connectivity index (χ4v) is 4.60. The molecular formula is C17H25N3. The van der Waals surface area contributed by atoms with Crippen LogP contribution in [0.5, 0.6) is 0 Å². The van der Waals surface area contributed by atoms with E-state index >= 15 is 0 Å². The van der Waals surface area contributed by atoms with Crippen molar-refractivity contribution in [2.45, 2.75) is 50.4 Å². The molecular weight excluding hydrogens is 246 g/mol. The van der Waals surface area contributed by atoms with Crippen molar-refractivity contribution in [2.24, 2.45) is 5.73 Å². The summed E-state index contributed by atoms with van der Waals surface area (Å²) in [4.78, 5) is 5.43. The Morgan fingerprint density at radius 3 is 2.80 bits per heavy atom. The van der Waals surface area contributed by atoms with Gasteiger partial charge in [0.05, 0.1) is 0 Å². The molecule has 0 radical (unpaired) electrons. The fraction of sp³-hybridized carbons (Fsp3) is 0.647. The lowest BCUT2D eigenvalue weighted by molar-refractivity contribution is 0.0262. The van der Waals surface area contributed by atoms with Gasteiger partial charge in [-0.1, -0.05) is 24.3 Å². The Morgan fingerprint density at radius 2 is 1.95 bits per heavy atom. The first-order valence-corrected chi connectivity index (χ1v) is 8.08. The first-order valence-electron chi connectivity index (χ1n) is 8.08. The number of hydrogen-bond acceptors (Lipinski definition) is 3. The van der Waals surface area contributed by atoms with Gasteiger partial charge in [-0.2, -0.15) is 0 Å². The van der Waals surface area contributed by atoms with Crippen LogP contribution in [0.2, 0.25) is 0 Å². The first kappa shape index (κ1) is 12.8. The molecule has 1 aromatic carbocycles. The quantitative estimate of drug-likeness (QED) is 0.850. The first-order chi connectivity index (χ1) is 9.74. The van der Waals surface area contributed by atoms with Crippen LogP contribution in [0.1, 0.15) is 49.4 Å². The van der Waals surface area contributed by atoms with E-state index in [1.54, 1.807) is 0 Å². The Morgan fingerprint density at radius 1 is 1.15 bits per heavy atom. The minimum atomic E-state index is 0.227. The summed E-state index contributed by atoms with van der Waals surface area (Å²) in [7, 11) is 0. The number of fused-ring (bicyclic) bond motifs is 2. The van der Waals surface area contributed by atoms with E-state index in [1.165, 1.54) is 43.6 Å². The summed E-state index contributed by atoms with van der Waals surface area (Å²) in [5.41, 5.74) is 9.22. The van der Waals surface area contributed by atoms with Gasteiger partial charge in [-0.3, -0.25) is 9.80 Å². The Labute approximate surface area is 121 Å². The second kappa shape index (κ2) is 4.83. The third kappa shape index (κ3) is 1.92. The molecule has 4 atom stereocenters. The maximum absolute atomic E-state index is 6.36. The number of nitrogens with two attached hydrogens (primary N) is 1. The number of nitrogens with zero attached hydrogens (tertiary/aromatic N) is 2. The van der Waals surface area contributed by atoms with Gasteiger partial charge in [-0.05, 0) is 43.9 Å². The summed E-state index contributed by atoms with van der Waals surface area (Å²) in [6.07, 6.45) is 3.85. The van der Waals surface area contributed by atoms with Crippen molar-refractivity contribution in [3.05, 3.63) is 35.4 Å². The summed E-state index contributed by atoms with van der Waals surface area (Å²) in [5.74, 6) is 0. The molecule has 3 heteroatoms. The molecule has 2 fully saturated rings. The van der Waals surface area contributed by atoms with Gasteiger partial charge in [0, 0.05) is 37.3 Å². The summed E-state index contributed by atoms with van der Waals surface area (Å²) < 4.78 is 0. The minimum absolute atomic E-state index is 0.227. The predicted octanol–water partition coefficient (Wildman–Crippen LogP) is 2.30. The van der Waals surface area contributed by atoms with Crippen molar-refractivity contribution >= 4 is 0 Å². The molecule has 2 heterocycles. The van der Waals surface area contributed by atoms with Crippen LogP contribution in [0.25, 0.3) is 0 Å². The molecule has 108 valence electrons. The van der Waals surface area contributed by atoms with Gasteiger partial charge >= 0.3 is 0 Å². The molecule has 4 rings (SSSR count). The van der Waals surface area contributed by atoms with Gasteiger partial charge in [0.2, 0.25) is 0 Å². The van der Waals surface area contributed by atoms with E-state index < -0.39 is 0 Å². The van der Waals surface area contributed by atoms with Crippen LogP contribution in [0.3, 0.4) is 0 Å². The second-order valence-electron chi connectivity index (χ2n) is 6.82. The van der Waals surface area contributed by atoms with E-state index in [2.05, 4.69) is 41.0 Å². The average Bonchev–Trinajstić information content (AvgIpc) is 3.03. The van der Waals surface area contributed by atoms with Gasteiger partial charge in [0.1, 0.15) is 0 Å². The summed E-state index contributed by atoms with van der Waals surface area (Å²) in [6.45, 7) is 6.16. The van der Waals surface area contributed by atoms with Crippen LogP contribution >= 0.6 is 0 Å². The molecule has 3 aliphatic rings. The molecule has 0 amide bonds. The Bertz CT molecular complexity index is 501. The zero-order valence-electron chi connectivity index (χ0n) is 12.3. The van der Waals surface area contributed by atoms with Crippen LogP contribution < -0.4 is 5.73 Å². The zero-order chi connectivity index (χ0) is 13.7. The maximum atomic E-state index is 6.36. The number of benzene rings is 1. The molecule has 0 saturated carbocycles. The van der Waals surface area contributed by atoms with E-state index in [-0.39, 0.29) is 6.04 Å². The highest BCUT2D eigenvalue weighted by molar-refractivity contribution is 5.37. The van der Waals surface area contributed by atoms with Crippen LogP contribution in [0.15, 0.2) is 24.3 Å². The molecule has 3 nitrogen and oxygen atoms in total. The lowest BCUT2D eigenvalue weighted by Crippen LogP contribution is -2.55. The molecule has 2 N–H and O–H groups in total. The molecule has 2 aliphatic heterocycles. The Hall–Kier alpha value is -0.900. The topological polar surface area (TPSA) is 32.5 Å². The van der Waals surface area contributed by atoms with Crippen molar-refractivity contribution < 1.29 is 0 Å². The summed E-state index contributed by atoms with van der Waals surface area (Å²) >= 11 is 0. The molecule has 20 heavy (non-hydrogen) atoms. The van der Waals surface area contributed by atoms with E-state index in [1.807, 2.05) is 0 Å². The van der Waals surface area contributed by atoms with Gasteiger partial charge < -0.3 is 5.73 Å². The average molecular weight is 271 g/mol. The molecule has 2 saturated heterocycles. The Balaban J connectivity index is 1.62. The van der Waals surface area contributed by atoms with Gasteiger partial charge in [-0.25, -0.2) is 0 Å². The van der Waals surface area contributed by atoms with E-state index in [9.17, 15) is 0 Å². The minimum Gasteiger partial charge on any atom is -0.324 e. The van der Waals surface area contributed by atoms with E-state index in [0.717, 1.165) is 12.5 Å². The molecule has 0 bridgehead atoms. The van der Waals surface area contributed by atoms with E-state index in [0.29, 0.717) is 12.1 Å². The summed E-state index contributed by atoms with van der Waals surface area (Å²) in [5, 5.41) is 0. The maximum Gasteiger partial charge on any atom is 0.0373 e. The third-order valence-corrected chi connectivity index (χ3v) is 5.62. The molecule has 4 unspecified atom stereocenters. The highest BCUT2D eigenvalue weighted by Gasteiger charge is 2.40. The van der Waals surface area contributed by atoms with Gasteiger partial charge in [0.15, 0.2) is 0 Å². The largest absolute Gasteiger partial charge is 0.324 e. The van der Waals surface area contributed by atoms with Gasteiger partial charge in [-0.15, -0.1) is 0 Å².